The van der Waals surface area contributed by atoms with Crippen LogP contribution in [0.1, 0.15) is 30.9 Å². The molecule has 0 bridgehead atoms. The number of nitrogens with one attached hydrogen (secondary N) is 2. The first-order valence-electron chi connectivity index (χ1n) is 6.44. The molecule has 19 heavy (non-hydrogen) atoms. The molecule has 0 radical (unpaired) electrons. The molecule has 3 rings (SSSR count). The fourth-order valence-corrected chi connectivity index (χ4v) is 3.17. The molecule has 1 heterocycles. The van der Waals surface area contributed by atoms with E-state index >= 15 is 0 Å². The van der Waals surface area contributed by atoms with Gasteiger partial charge in [0.1, 0.15) is 5.82 Å². The van der Waals surface area contributed by atoms with Crippen molar-refractivity contribution >= 4 is 12.4 Å². The van der Waals surface area contributed by atoms with Crippen molar-refractivity contribution in [3.63, 3.8) is 0 Å². The Kier molecular flexibility index (Phi) is 4.41. The van der Waals surface area contributed by atoms with Gasteiger partial charge in [0.2, 0.25) is 0 Å². The molecule has 1 aromatic rings. The van der Waals surface area contributed by atoms with E-state index in [4.69, 9.17) is 5.26 Å². The summed E-state index contributed by atoms with van der Waals surface area (Å²) in [6.45, 7) is 0. The van der Waals surface area contributed by atoms with Crippen molar-refractivity contribution in [1.82, 2.24) is 10.9 Å². The van der Waals surface area contributed by atoms with Crippen LogP contribution >= 0.6 is 12.4 Å². The maximum atomic E-state index is 12.9. The summed E-state index contributed by atoms with van der Waals surface area (Å²) in [4.78, 5) is 0. The number of nitrogens with zero attached hydrogens (tertiary/aromatic N) is 1. The fourth-order valence-electron chi connectivity index (χ4n) is 3.17. The SMILES string of the molecule is Cl.N#CC1CCC2NNC(c3ccc(F)cc3)C2C1. The van der Waals surface area contributed by atoms with E-state index in [9.17, 15) is 4.39 Å². The number of rotatable bonds is 1. The summed E-state index contributed by atoms with van der Waals surface area (Å²) in [6, 6.07) is 9.65. The summed E-state index contributed by atoms with van der Waals surface area (Å²) in [5, 5.41) is 9.06. The Morgan fingerprint density at radius 1 is 1.16 bits per heavy atom. The molecule has 3 nitrogen and oxygen atoms in total. The highest BCUT2D eigenvalue weighted by atomic mass is 35.5. The van der Waals surface area contributed by atoms with Crippen molar-refractivity contribution in [3.05, 3.63) is 35.6 Å². The fraction of sp³-hybridized carbons (Fsp3) is 0.500. The molecule has 0 amide bonds. The van der Waals surface area contributed by atoms with Crippen LogP contribution in [0, 0.1) is 29.0 Å². The predicted molar refractivity (Wildman–Crippen MR) is 72.9 cm³/mol. The van der Waals surface area contributed by atoms with Crippen LogP contribution in [-0.4, -0.2) is 6.04 Å². The molecule has 5 heteroatoms. The molecular formula is C14H17ClFN3. The molecular weight excluding hydrogens is 265 g/mol. The van der Waals surface area contributed by atoms with Crippen LogP contribution in [0.5, 0.6) is 0 Å². The summed E-state index contributed by atoms with van der Waals surface area (Å²) in [5.41, 5.74) is 7.70. The standard InChI is InChI=1S/C14H16FN3.ClH/c15-11-4-2-10(3-5-11)14-12-7-9(8-16)1-6-13(12)17-18-14;/h2-5,9,12-14,17-18H,1,6-7H2;1H. The normalized spacial score (nSPS) is 33.1. The van der Waals surface area contributed by atoms with Gasteiger partial charge in [-0.3, -0.25) is 5.43 Å². The monoisotopic (exact) mass is 281 g/mol. The van der Waals surface area contributed by atoms with Gasteiger partial charge in [0.05, 0.1) is 12.1 Å². The topological polar surface area (TPSA) is 47.9 Å². The number of nitriles is 1. The van der Waals surface area contributed by atoms with Gasteiger partial charge in [-0.05, 0) is 42.9 Å². The quantitative estimate of drug-likeness (QED) is 0.832. The van der Waals surface area contributed by atoms with Gasteiger partial charge < -0.3 is 0 Å². The highest BCUT2D eigenvalue weighted by Crippen LogP contribution is 2.39. The van der Waals surface area contributed by atoms with Crippen LogP contribution in [0.2, 0.25) is 0 Å². The first-order chi connectivity index (χ1) is 8.78. The van der Waals surface area contributed by atoms with Crippen molar-refractivity contribution < 1.29 is 4.39 Å². The third-order valence-electron chi connectivity index (χ3n) is 4.16. The van der Waals surface area contributed by atoms with Gasteiger partial charge in [-0.25, -0.2) is 9.82 Å². The summed E-state index contributed by atoms with van der Waals surface area (Å²) in [6.07, 6.45) is 2.93. The lowest BCUT2D eigenvalue weighted by molar-refractivity contribution is 0.267. The van der Waals surface area contributed by atoms with Crippen molar-refractivity contribution in [2.45, 2.75) is 31.3 Å². The van der Waals surface area contributed by atoms with E-state index in [2.05, 4.69) is 16.9 Å². The molecule has 1 aromatic carbocycles. The molecule has 1 aliphatic heterocycles. The second-order valence-corrected chi connectivity index (χ2v) is 5.23. The molecule has 1 aliphatic carbocycles. The van der Waals surface area contributed by atoms with Crippen LogP contribution < -0.4 is 10.9 Å². The van der Waals surface area contributed by atoms with Crippen LogP contribution in [0.15, 0.2) is 24.3 Å². The Balaban J connectivity index is 0.00000133. The van der Waals surface area contributed by atoms with E-state index in [1.54, 1.807) is 0 Å². The van der Waals surface area contributed by atoms with Gasteiger partial charge in [0.15, 0.2) is 0 Å². The molecule has 2 fully saturated rings. The van der Waals surface area contributed by atoms with Gasteiger partial charge in [-0.2, -0.15) is 5.26 Å². The lowest BCUT2D eigenvalue weighted by Crippen LogP contribution is -2.34. The minimum Gasteiger partial charge on any atom is -0.254 e. The molecule has 102 valence electrons. The van der Waals surface area contributed by atoms with Gasteiger partial charge >= 0.3 is 0 Å². The first kappa shape index (κ1) is 14.3. The Morgan fingerprint density at radius 2 is 1.89 bits per heavy atom. The minimum atomic E-state index is -0.209. The number of benzene rings is 1. The molecule has 2 N–H and O–H groups in total. The summed E-state index contributed by atoms with van der Waals surface area (Å²) < 4.78 is 12.9. The van der Waals surface area contributed by atoms with Crippen molar-refractivity contribution in [3.8, 4) is 6.07 Å². The lowest BCUT2D eigenvalue weighted by atomic mass is 9.75. The largest absolute Gasteiger partial charge is 0.254 e. The van der Waals surface area contributed by atoms with E-state index in [1.165, 1.54) is 12.1 Å². The van der Waals surface area contributed by atoms with Gasteiger partial charge in [0, 0.05) is 12.0 Å². The Hall–Kier alpha value is -1.15. The zero-order valence-electron chi connectivity index (χ0n) is 10.5. The molecule has 1 saturated carbocycles. The van der Waals surface area contributed by atoms with Gasteiger partial charge in [-0.1, -0.05) is 12.1 Å². The number of halogens is 2. The van der Waals surface area contributed by atoms with Crippen LogP contribution in [0.3, 0.4) is 0 Å². The second-order valence-electron chi connectivity index (χ2n) is 5.23. The Bertz CT molecular complexity index is 471. The smallest absolute Gasteiger partial charge is 0.123 e. The maximum Gasteiger partial charge on any atom is 0.123 e. The summed E-state index contributed by atoms with van der Waals surface area (Å²) in [5.74, 6) is 0.379. The van der Waals surface area contributed by atoms with Gasteiger partial charge in [-0.15, -0.1) is 12.4 Å². The van der Waals surface area contributed by atoms with E-state index in [1.807, 2.05) is 12.1 Å². The molecule has 2 aliphatic rings. The van der Waals surface area contributed by atoms with Crippen LogP contribution in [0.25, 0.3) is 0 Å². The summed E-state index contributed by atoms with van der Waals surface area (Å²) >= 11 is 0. The van der Waals surface area contributed by atoms with Gasteiger partial charge in [0.25, 0.3) is 0 Å². The third-order valence-corrected chi connectivity index (χ3v) is 4.16. The van der Waals surface area contributed by atoms with Crippen LogP contribution in [-0.2, 0) is 0 Å². The molecule has 4 unspecified atom stereocenters. The van der Waals surface area contributed by atoms with Crippen molar-refractivity contribution in [2.75, 3.05) is 0 Å². The van der Waals surface area contributed by atoms with Crippen LogP contribution in [0.4, 0.5) is 4.39 Å². The van der Waals surface area contributed by atoms with E-state index in [0.717, 1.165) is 24.8 Å². The zero-order valence-corrected chi connectivity index (χ0v) is 11.3. The van der Waals surface area contributed by atoms with E-state index in [-0.39, 0.29) is 30.2 Å². The van der Waals surface area contributed by atoms with Crippen molar-refractivity contribution in [1.29, 1.82) is 5.26 Å². The average Bonchev–Trinajstić information content (AvgIpc) is 2.82. The second kappa shape index (κ2) is 5.87. The van der Waals surface area contributed by atoms with E-state index in [0.29, 0.717) is 12.0 Å². The lowest BCUT2D eigenvalue weighted by Gasteiger charge is -2.30. The molecule has 4 atom stereocenters. The Labute approximate surface area is 118 Å². The first-order valence-corrected chi connectivity index (χ1v) is 6.44. The minimum absolute atomic E-state index is 0. The average molecular weight is 282 g/mol. The van der Waals surface area contributed by atoms with E-state index < -0.39 is 0 Å². The molecule has 1 saturated heterocycles. The summed E-state index contributed by atoms with van der Waals surface area (Å²) in [7, 11) is 0. The highest BCUT2D eigenvalue weighted by molar-refractivity contribution is 5.85. The third kappa shape index (κ3) is 2.74. The molecule has 0 spiro atoms. The number of hydrogen-bond donors (Lipinski definition) is 2. The molecule has 0 aromatic heterocycles. The van der Waals surface area contributed by atoms with Crippen molar-refractivity contribution in [2.24, 2.45) is 11.8 Å². The highest BCUT2D eigenvalue weighted by Gasteiger charge is 2.40. The number of hydrogen-bond acceptors (Lipinski definition) is 3. The maximum absolute atomic E-state index is 12.9. The predicted octanol–water partition coefficient (Wildman–Crippen LogP) is 2.70. The zero-order chi connectivity index (χ0) is 12.5. The number of hydrazine groups is 1. The Morgan fingerprint density at radius 3 is 2.58 bits per heavy atom. The number of fused-ring (bicyclic) bond motifs is 1.